The second kappa shape index (κ2) is 5.47. The molecule has 1 aliphatic carbocycles. The van der Waals surface area contributed by atoms with E-state index < -0.39 is 5.97 Å². The van der Waals surface area contributed by atoms with E-state index >= 15 is 0 Å². The van der Waals surface area contributed by atoms with Crippen LogP contribution in [0.15, 0.2) is 18.2 Å². The number of carbonyl (C=O) groups is 1. The molecule has 102 valence electrons. The van der Waals surface area contributed by atoms with Crippen LogP contribution in [0.5, 0.6) is 5.75 Å². The van der Waals surface area contributed by atoms with E-state index in [0.29, 0.717) is 5.92 Å². The van der Waals surface area contributed by atoms with Crippen molar-refractivity contribution in [3.63, 3.8) is 0 Å². The lowest BCUT2D eigenvalue weighted by atomic mass is 9.76. The minimum Gasteiger partial charge on any atom is -0.496 e. The predicted octanol–water partition coefficient (Wildman–Crippen LogP) is 3.58. The molecule has 0 spiro atoms. The van der Waals surface area contributed by atoms with E-state index in [2.05, 4.69) is 0 Å². The molecule has 19 heavy (non-hydrogen) atoms. The van der Waals surface area contributed by atoms with Crippen LogP contribution in [-0.4, -0.2) is 18.2 Å². The van der Waals surface area contributed by atoms with E-state index in [1.807, 2.05) is 26.0 Å². The molecule has 1 aliphatic rings. The van der Waals surface area contributed by atoms with Gasteiger partial charge in [0.05, 0.1) is 7.11 Å². The van der Waals surface area contributed by atoms with Crippen LogP contribution >= 0.6 is 0 Å². The van der Waals surface area contributed by atoms with Crippen LogP contribution in [0.25, 0.3) is 5.57 Å². The van der Waals surface area contributed by atoms with Crippen molar-refractivity contribution in [3.05, 3.63) is 34.9 Å². The maximum absolute atomic E-state index is 11.1. The molecule has 0 radical (unpaired) electrons. The summed E-state index contributed by atoms with van der Waals surface area (Å²) in [7, 11) is 1.63. The molecule has 1 fully saturated rings. The Kier molecular flexibility index (Phi) is 3.93. The summed E-state index contributed by atoms with van der Waals surface area (Å²) < 4.78 is 5.43. The van der Waals surface area contributed by atoms with E-state index in [9.17, 15) is 4.79 Å². The molecule has 0 heterocycles. The van der Waals surface area contributed by atoms with Crippen LogP contribution in [0, 0.1) is 19.8 Å². The second-order valence-corrected chi connectivity index (χ2v) is 5.20. The van der Waals surface area contributed by atoms with Gasteiger partial charge < -0.3 is 9.84 Å². The topological polar surface area (TPSA) is 46.5 Å². The van der Waals surface area contributed by atoms with Gasteiger partial charge in [0.1, 0.15) is 5.75 Å². The molecule has 1 N–H and O–H groups in total. The van der Waals surface area contributed by atoms with Crippen molar-refractivity contribution in [3.8, 4) is 5.75 Å². The maximum Gasteiger partial charge on any atom is 0.328 e. The first-order chi connectivity index (χ1) is 9.02. The smallest absolute Gasteiger partial charge is 0.328 e. The zero-order chi connectivity index (χ0) is 14.0. The highest BCUT2D eigenvalue weighted by Crippen LogP contribution is 2.42. The summed E-state index contributed by atoms with van der Waals surface area (Å²) >= 11 is 0. The van der Waals surface area contributed by atoms with Crippen LogP contribution in [-0.2, 0) is 4.79 Å². The molecule has 1 aromatic rings. The molecule has 0 aromatic heterocycles. The number of aryl methyl sites for hydroxylation is 2. The van der Waals surface area contributed by atoms with Crippen LogP contribution in [0.4, 0.5) is 0 Å². The lowest BCUT2D eigenvalue weighted by molar-refractivity contribution is -0.131. The number of aliphatic carboxylic acids is 1. The Balaban J connectivity index is 2.52. The van der Waals surface area contributed by atoms with E-state index in [1.165, 1.54) is 12.5 Å². The molecule has 0 atom stereocenters. The molecule has 1 aromatic carbocycles. The molecular formula is C16H20O3. The average Bonchev–Trinajstić information content (AvgIpc) is 2.28. The Hall–Kier alpha value is -1.77. The SMILES string of the molecule is COc1cc(C)c(C)cc1/C(=C/C(=O)O)C1CCC1. The summed E-state index contributed by atoms with van der Waals surface area (Å²) in [4.78, 5) is 11.1. The third-order valence-electron chi connectivity index (χ3n) is 3.95. The molecule has 1 saturated carbocycles. The Labute approximate surface area is 113 Å². The first kappa shape index (κ1) is 13.7. The van der Waals surface area contributed by atoms with Crippen molar-refractivity contribution in [2.24, 2.45) is 5.92 Å². The Morgan fingerprint density at radius 2 is 1.95 bits per heavy atom. The standard InChI is InChI=1S/C16H20O3/c1-10-7-14(15(19-3)8-11(10)2)13(9-16(17)18)12-5-4-6-12/h7-9,12H,4-6H2,1-3H3,(H,17,18)/b13-9+. The number of hydrogen-bond donors (Lipinski definition) is 1. The fourth-order valence-electron chi connectivity index (χ4n) is 2.45. The largest absolute Gasteiger partial charge is 0.496 e. The van der Waals surface area contributed by atoms with Crippen LogP contribution in [0.2, 0.25) is 0 Å². The van der Waals surface area contributed by atoms with Gasteiger partial charge in [-0.3, -0.25) is 0 Å². The van der Waals surface area contributed by atoms with Gasteiger partial charge >= 0.3 is 5.97 Å². The Bertz CT molecular complexity index is 525. The highest BCUT2D eigenvalue weighted by atomic mass is 16.5. The number of carboxylic acid groups (broad SMARTS) is 1. The molecule has 0 amide bonds. The number of ether oxygens (including phenoxy) is 1. The summed E-state index contributed by atoms with van der Waals surface area (Å²) in [6.07, 6.45) is 4.65. The molecular weight excluding hydrogens is 240 g/mol. The minimum absolute atomic E-state index is 0.354. The van der Waals surface area contributed by atoms with Crippen molar-refractivity contribution in [1.29, 1.82) is 0 Å². The van der Waals surface area contributed by atoms with E-state index in [-0.39, 0.29) is 0 Å². The molecule has 0 aliphatic heterocycles. The summed E-state index contributed by atoms with van der Waals surface area (Å²) in [6, 6.07) is 4.03. The van der Waals surface area contributed by atoms with Crippen LogP contribution in [0.1, 0.15) is 36.0 Å². The molecule has 0 unspecified atom stereocenters. The second-order valence-electron chi connectivity index (χ2n) is 5.20. The van der Waals surface area contributed by atoms with Gasteiger partial charge in [-0.1, -0.05) is 6.42 Å². The quantitative estimate of drug-likeness (QED) is 0.842. The van der Waals surface area contributed by atoms with Gasteiger partial charge in [-0.05, 0) is 61.4 Å². The first-order valence-electron chi connectivity index (χ1n) is 6.63. The minimum atomic E-state index is -0.887. The third-order valence-corrected chi connectivity index (χ3v) is 3.95. The molecule has 0 bridgehead atoms. The first-order valence-corrected chi connectivity index (χ1v) is 6.63. The fourth-order valence-corrected chi connectivity index (χ4v) is 2.45. The van der Waals surface area contributed by atoms with E-state index in [0.717, 1.165) is 40.9 Å². The molecule has 3 nitrogen and oxygen atoms in total. The van der Waals surface area contributed by atoms with E-state index in [4.69, 9.17) is 9.84 Å². The Morgan fingerprint density at radius 1 is 1.32 bits per heavy atom. The number of benzene rings is 1. The van der Waals surface area contributed by atoms with Crippen LogP contribution < -0.4 is 4.74 Å². The number of rotatable bonds is 4. The molecule has 2 rings (SSSR count). The van der Waals surface area contributed by atoms with Gasteiger partial charge in [-0.2, -0.15) is 0 Å². The number of allylic oxidation sites excluding steroid dienone is 1. The number of methoxy groups -OCH3 is 1. The van der Waals surface area contributed by atoms with Crippen molar-refractivity contribution < 1.29 is 14.6 Å². The zero-order valence-electron chi connectivity index (χ0n) is 11.7. The zero-order valence-corrected chi connectivity index (χ0v) is 11.7. The van der Waals surface area contributed by atoms with Gasteiger partial charge in [0.2, 0.25) is 0 Å². The summed E-state index contributed by atoms with van der Waals surface area (Å²) in [6.45, 7) is 4.07. The van der Waals surface area contributed by atoms with Gasteiger partial charge in [-0.25, -0.2) is 4.79 Å². The van der Waals surface area contributed by atoms with Crippen molar-refractivity contribution in [2.75, 3.05) is 7.11 Å². The average molecular weight is 260 g/mol. The number of hydrogen-bond acceptors (Lipinski definition) is 2. The maximum atomic E-state index is 11.1. The van der Waals surface area contributed by atoms with Gasteiger partial charge in [0, 0.05) is 11.6 Å². The fraction of sp³-hybridized carbons (Fsp3) is 0.438. The van der Waals surface area contributed by atoms with Crippen molar-refractivity contribution in [2.45, 2.75) is 33.1 Å². The van der Waals surface area contributed by atoms with Gasteiger partial charge in [-0.15, -0.1) is 0 Å². The third kappa shape index (κ3) is 2.80. The highest BCUT2D eigenvalue weighted by Gasteiger charge is 2.26. The lowest BCUT2D eigenvalue weighted by Gasteiger charge is -2.29. The van der Waals surface area contributed by atoms with Crippen LogP contribution in [0.3, 0.4) is 0 Å². The lowest BCUT2D eigenvalue weighted by Crippen LogP contribution is -2.15. The molecule has 3 heteroatoms. The normalized spacial score (nSPS) is 16.1. The summed E-state index contributed by atoms with van der Waals surface area (Å²) in [5.74, 6) is 0.233. The highest BCUT2D eigenvalue weighted by molar-refractivity contribution is 5.92. The van der Waals surface area contributed by atoms with Gasteiger partial charge in [0.15, 0.2) is 0 Å². The number of carboxylic acids is 1. The summed E-state index contributed by atoms with van der Waals surface area (Å²) in [5.41, 5.74) is 4.15. The van der Waals surface area contributed by atoms with Crippen molar-refractivity contribution in [1.82, 2.24) is 0 Å². The summed E-state index contributed by atoms with van der Waals surface area (Å²) in [5, 5.41) is 9.08. The van der Waals surface area contributed by atoms with E-state index in [1.54, 1.807) is 7.11 Å². The van der Waals surface area contributed by atoms with Gasteiger partial charge in [0.25, 0.3) is 0 Å². The predicted molar refractivity (Wildman–Crippen MR) is 75.4 cm³/mol. The Morgan fingerprint density at radius 3 is 2.42 bits per heavy atom. The van der Waals surface area contributed by atoms with Crippen molar-refractivity contribution >= 4 is 11.5 Å². The molecule has 0 saturated heterocycles. The monoisotopic (exact) mass is 260 g/mol.